The Morgan fingerprint density at radius 2 is 1.93 bits per heavy atom. The first-order chi connectivity index (χ1) is 7.30. The van der Waals surface area contributed by atoms with Crippen LogP contribution < -0.4 is 0 Å². The second-order valence-corrected chi connectivity index (χ2v) is 4.85. The summed E-state index contributed by atoms with van der Waals surface area (Å²) in [6.45, 7) is 8.28. The maximum absolute atomic E-state index is 5.40. The molecule has 0 radical (unpaired) electrons. The summed E-state index contributed by atoms with van der Waals surface area (Å²) in [7, 11) is 1.84. The van der Waals surface area contributed by atoms with Gasteiger partial charge in [-0.3, -0.25) is 0 Å². The number of likely N-dealkylation sites (tertiary alicyclic amines) is 1. The summed E-state index contributed by atoms with van der Waals surface area (Å²) in [5.74, 6) is 0.913. The van der Waals surface area contributed by atoms with Gasteiger partial charge in [-0.25, -0.2) is 0 Å². The Hall–Kier alpha value is -0.0800. The molecule has 1 atom stereocenters. The van der Waals surface area contributed by atoms with Crippen molar-refractivity contribution < 1.29 is 4.74 Å². The normalized spacial score (nSPS) is 22.8. The summed E-state index contributed by atoms with van der Waals surface area (Å²) >= 11 is 0. The molecular formula is C13H27NO. The maximum atomic E-state index is 5.40. The van der Waals surface area contributed by atoms with Crippen molar-refractivity contribution in [3.05, 3.63) is 0 Å². The summed E-state index contributed by atoms with van der Waals surface area (Å²) in [6, 6.07) is 0. The fraction of sp³-hybridized carbons (Fsp3) is 1.00. The monoisotopic (exact) mass is 213 g/mol. The van der Waals surface area contributed by atoms with E-state index in [1.165, 1.54) is 45.2 Å². The zero-order valence-corrected chi connectivity index (χ0v) is 10.7. The quantitative estimate of drug-likeness (QED) is 0.645. The molecule has 0 aromatic carbocycles. The molecule has 1 heterocycles. The van der Waals surface area contributed by atoms with Crippen LogP contribution in [0.25, 0.3) is 0 Å². The van der Waals surface area contributed by atoms with Gasteiger partial charge in [0.25, 0.3) is 0 Å². The fourth-order valence-corrected chi connectivity index (χ4v) is 2.66. The molecule has 1 aliphatic heterocycles. The van der Waals surface area contributed by atoms with E-state index in [-0.39, 0.29) is 0 Å². The topological polar surface area (TPSA) is 12.5 Å². The summed E-state index contributed by atoms with van der Waals surface area (Å²) in [5, 5.41) is 0. The Morgan fingerprint density at radius 1 is 1.27 bits per heavy atom. The van der Waals surface area contributed by atoms with Gasteiger partial charge in [0.05, 0.1) is 6.10 Å². The van der Waals surface area contributed by atoms with Crippen molar-refractivity contribution in [3.63, 3.8) is 0 Å². The second-order valence-electron chi connectivity index (χ2n) is 4.85. The van der Waals surface area contributed by atoms with Gasteiger partial charge < -0.3 is 9.64 Å². The Balaban J connectivity index is 2.25. The van der Waals surface area contributed by atoms with E-state index in [0.717, 1.165) is 12.5 Å². The standard InChI is InChI=1S/C13H27NO/c1-4-6-12(7-5-2)10-14-9-8-13(11-14)15-3/h12-13H,4-11H2,1-3H3. The minimum atomic E-state index is 0.494. The van der Waals surface area contributed by atoms with Crippen LogP contribution in [-0.2, 0) is 4.74 Å². The van der Waals surface area contributed by atoms with Crippen molar-refractivity contribution >= 4 is 0 Å². The molecule has 2 heteroatoms. The highest BCUT2D eigenvalue weighted by atomic mass is 16.5. The Morgan fingerprint density at radius 3 is 2.40 bits per heavy atom. The van der Waals surface area contributed by atoms with Crippen molar-refractivity contribution in [2.45, 2.75) is 52.1 Å². The summed E-state index contributed by atoms with van der Waals surface area (Å²) in [5.41, 5.74) is 0. The minimum Gasteiger partial charge on any atom is -0.380 e. The van der Waals surface area contributed by atoms with Gasteiger partial charge in [0.2, 0.25) is 0 Å². The fourth-order valence-electron chi connectivity index (χ4n) is 2.66. The number of hydrogen-bond acceptors (Lipinski definition) is 2. The van der Waals surface area contributed by atoms with Gasteiger partial charge in [0.1, 0.15) is 0 Å². The van der Waals surface area contributed by atoms with Crippen LogP contribution in [-0.4, -0.2) is 37.7 Å². The van der Waals surface area contributed by atoms with Gasteiger partial charge in [-0.1, -0.05) is 26.7 Å². The predicted molar refractivity (Wildman–Crippen MR) is 65.2 cm³/mol. The van der Waals surface area contributed by atoms with Crippen LogP contribution in [0.2, 0.25) is 0 Å². The van der Waals surface area contributed by atoms with Gasteiger partial charge in [-0.15, -0.1) is 0 Å². The van der Waals surface area contributed by atoms with E-state index in [0.29, 0.717) is 6.10 Å². The lowest BCUT2D eigenvalue weighted by atomic mass is 9.98. The average molecular weight is 213 g/mol. The molecule has 0 saturated carbocycles. The molecule has 90 valence electrons. The molecule has 0 aliphatic carbocycles. The highest BCUT2D eigenvalue weighted by Gasteiger charge is 2.23. The molecular weight excluding hydrogens is 186 g/mol. The predicted octanol–water partition coefficient (Wildman–Crippen LogP) is 2.92. The Kier molecular flexibility index (Phi) is 6.26. The van der Waals surface area contributed by atoms with E-state index in [9.17, 15) is 0 Å². The van der Waals surface area contributed by atoms with Crippen molar-refractivity contribution in [3.8, 4) is 0 Å². The van der Waals surface area contributed by atoms with Crippen molar-refractivity contribution in [2.24, 2.45) is 5.92 Å². The first-order valence-corrected chi connectivity index (χ1v) is 6.55. The Bertz CT molecular complexity index is 155. The number of nitrogens with zero attached hydrogens (tertiary/aromatic N) is 1. The van der Waals surface area contributed by atoms with Crippen molar-refractivity contribution in [2.75, 3.05) is 26.7 Å². The molecule has 1 unspecified atom stereocenters. The molecule has 1 rings (SSSR count). The summed E-state index contributed by atoms with van der Waals surface area (Å²) < 4.78 is 5.40. The highest BCUT2D eigenvalue weighted by molar-refractivity contribution is 4.77. The first kappa shape index (κ1) is 13.0. The third-order valence-corrected chi connectivity index (χ3v) is 3.47. The molecule has 15 heavy (non-hydrogen) atoms. The molecule has 0 aromatic heterocycles. The molecule has 1 fully saturated rings. The largest absolute Gasteiger partial charge is 0.380 e. The number of ether oxygens (including phenoxy) is 1. The number of methoxy groups -OCH3 is 1. The zero-order chi connectivity index (χ0) is 11.1. The summed E-state index contributed by atoms with van der Waals surface area (Å²) in [6.07, 6.45) is 7.15. The Labute approximate surface area is 95.0 Å². The SMILES string of the molecule is CCCC(CCC)CN1CCC(OC)C1. The lowest BCUT2D eigenvalue weighted by molar-refractivity contribution is 0.105. The zero-order valence-electron chi connectivity index (χ0n) is 10.7. The van der Waals surface area contributed by atoms with Crippen LogP contribution in [0.1, 0.15) is 46.0 Å². The van der Waals surface area contributed by atoms with Gasteiger partial charge in [0.15, 0.2) is 0 Å². The molecule has 0 amide bonds. The van der Waals surface area contributed by atoms with E-state index in [1.807, 2.05) is 7.11 Å². The van der Waals surface area contributed by atoms with Crippen molar-refractivity contribution in [1.29, 1.82) is 0 Å². The molecule has 1 aliphatic rings. The maximum Gasteiger partial charge on any atom is 0.0710 e. The smallest absolute Gasteiger partial charge is 0.0710 e. The van der Waals surface area contributed by atoms with E-state index in [2.05, 4.69) is 18.7 Å². The van der Waals surface area contributed by atoms with E-state index in [4.69, 9.17) is 4.74 Å². The average Bonchev–Trinajstić information content (AvgIpc) is 2.66. The molecule has 0 spiro atoms. The lowest BCUT2D eigenvalue weighted by Crippen LogP contribution is -2.28. The first-order valence-electron chi connectivity index (χ1n) is 6.55. The van der Waals surface area contributed by atoms with Crippen LogP contribution >= 0.6 is 0 Å². The van der Waals surface area contributed by atoms with Gasteiger partial charge >= 0.3 is 0 Å². The van der Waals surface area contributed by atoms with E-state index < -0.39 is 0 Å². The van der Waals surface area contributed by atoms with Crippen molar-refractivity contribution in [1.82, 2.24) is 4.90 Å². The molecule has 0 bridgehead atoms. The third kappa shape index (κ3) is 4.52. The van der Waals surface area contributed by atoms with Crippen LogP contribution in [0.5, 0.6) is 0 Å². The highest BCUT2D eigenvalue weighted by Crippen LogP contribution is 2.19. The summed E-state index contributed by atoms with van der Waals surface area (Å²) in [4.78, 5) is 2.59. The van der Waals surface area contributed by atoms with Crippen LogP contribution in [0.3, 0.4) is 0 Å². The number of hydrogen-bond donors (Lipinski definition) is 0. The molecule has 2 nitrogen and oxygen atoms in total. The lowest BCUT2D eigenvalue weighted by Gasteiger charge is -2.23. The van der Waals surface area contributed by atoms with Gasteiger partial charge in [-0.05, 0) is 25.2 Å². The minimum absolute atomic E-state index is 0.494. The number of rotatable bonds is 7. The van der Waals surface area contributed by atoms with Crippen LogP contribution in [0.15, 0.2) is 0 Å². The second kappa shape index (κ2) is 7.24. The molecule has 0 N–H and O–H groups in total. The van der Waals surface area contributed by atoms with E-state index in [1.54, 1.807) is 0 Å². The third-order valence-electron chi connectivity index (χ3n) is 3.47. The van der Waals surface area contributed by atoms with Gasteiger partial charge in [0, 0.05) is 26.7 Å². The van der Waals surface area contributed by atoms with Crippen LogP contribution in [0.4, 0.5) is 0 Å². The van der Waals surface area contributed by atoms with Crippen LogP contribution in [0, 0.1) is 5.92 Å². The van der Waals surface area contributed by atoms with E-state index >= 15 is 0 Å². The molecule has 0 aromatic rings. The van der Waals surface area contributed by atoms with Gasteiger partial charge in [-0.2, -0.15) is 0 Å². The molecule has 1 saturated heterocycles.